The molecule has 2 rings (SSSR count). The quantitative estimate of drug-likeness (QED) is 0.846. The van der Waals surface area contributed by atoms with E-state index in [0.29, 0.717) is 0 Å². The third-order valence-corrected chi connectivity index (χ3v) is 4.65. The summed E-state index contributed by atoms with van der Waals surface area (Å²) in [5.41, 5.74) is 2.61. The molecule has 1 aliphatic rings. The smallest absolute Gasteiger partial charge is 0.0351 e. The fraction of sp³-hybridized carbons (Fsp3) is 0.571. The zero-order valence-electron chi connectivity index (χ0n) is 10.7. The van der Waals surface area contributed by atoms with Crippen LogP contribution >= 0.6 is 22.6 Å². The predicted molar refractivity (Wildman–Crippen MR) is 82.6 cm³/mol. The lowest BCUT2D eigenvalue weighted by molar-refractivity contribution is 0.217. The Hall–Kier alpha value is -0.290. The molecule has 0 saturated carbocycles. The van der Waals surface area contributed by atoms with Gasteiger partial charge < -0.3 is 10.2 Å². The van der Waals surface area contributed by atoms with E-state index in [2.05, 4.69) is 65.0 Å². The summed E-state index contributed by atoms with van der Waals surface area (Å²) >= 11 is 2.40. The van der Waals surface area contributed by atoms with Gasteiger partial charge in [-0.15, -0.1) is 0 Å². The Morgan fingerprint density at radius 2 is 2.29 bits per heavy atom. The van der Waals surface area contributed by atoms with E-state index < -0.39 is 0 Å². The Morgan fingerprint density at radius 1 is 1.47 bits per heavy atom. The fourth-order valence-corrected chi connectivity index (χ4v) is 2.92. The van der Waals surface area contributed by atoms with Crippen molar-refractivity contribution in [3.8, 4) is 0 Å². The molecule has 0 bridgehead atoms. The van der Waals surface area contributed by atoms with Crippen LogP contribution in [0, 0.1) is 16.4 Å². The highest BCUT2D eigenvalue weighted by molar-refractivity contribution is 14.1. The highest BCUT2D eigenvalue weighted by Crippen LogP contribution is 2.19. The first-order valence-corrected chi connectivity index (χ1v) is 7.41. The van der Waals surface area contributed by atoms with E-state index in [1.165, 1.54) is 40.8 Å². The molecule has 2 nitrogen and oxygen atoms in total. The molecule has 1 unspecified atom stereocenters. The predicted octanol–water partition coefficient (Wildman–Crippen LogP) is 3.35. The average molecular weight is 344 g/mol. The van der Waals surface area contributed by atoms with Crippen LogP contribution in [0.15, 0.2) is 18.2 Å². The van der Waals surface area contributed by atoms with Crippen molar-refractivity contribution in [2.24, 2.45) is 5.92 Å². The van der Waals surface area contributed by atoms with Gasteiger partial charge in [-0.2, -0.15) is 0 Å². The van der Waals surface area contributed by atoms with Crippen molar-refractivity contribution in [1.82, 2.24) is 4.90 Å². The van der Waals surface area contributed by atoms with Gasteiger partial charge in [-0.05, 0) is 79.6 Å². The van der Waals surface area contributed by atoms with Gasteiger partial charge in [0.2, 0.25) is 0 Å². The topological polar surface area (TPSA) is 15.3 Å². The van der Waals surface area contributed by atoms with Gasteiger partial charge in [0.25, 0.3) is 0 Å². The minimum Gasteiger partial charge on any atom is -0.385 e. The molecular formula is C14H21IN2. The standard InChI is InChI=1S/C14H21IN2/c1-11-5-6-13(8-14(11)15)16-9-12-4-3-7-17(2)10-12/h5-6,8,12,16H,3-4,7,9-10H2,1-2H3. The molecule has 3 heteroatoms. The van der Waals surface area contributed by atoms with E-state index in [4.69, 9.17) is 0 Å². The Labute approximate surface area is 118 Å². The van der Waals surface area contributed by atoms with Crippen LogP contribution in [-0.4, -0.2) is 31.6 Å². The van der Waals surface area contributed by atoms with Crippen molar-refractivity contribution < 1.29 is 0 Å². The van der Waals surface area contributed by atoms with Crippen LogP contribution in [0.4, 0.5) is 5.69 Å². The SMILES string of the molecule is Cc1ccc(NCC2CCCN(C)C2)cc1I. The molecule has 0 amide bonds. The van der Waals surface area contributed by atoms with Crippen molar-refractivity contribution in [2.75, 3.05) is 32.0 Å². The molecule has 1 saturated heterocycles. The zero-order valence-corrected chi connectivity index (χ0v) is 12.8. The third-order valence-electron chi connectivity index (χ3n) is 3.49. The minimum atomic E-state index is 0.799. The molecule has 1 fully saturated rings. The summed E-state index contributed by atoms with van der Waals surface area (Å²) in [7, 11) is 2.22. The number of nitrogens with one attached hydrogen (secondary N) is 1. The number of hydrogen-bond donors (Lipinski definition) is 1. The first-order valence-electron chi connectivity index (χ1n) is 6.33. The Morgan fingerprint density at radius 3 is 3.00 bits per heavy atom. The van der Waals surface area contributed by atoms with Gasteiger partial charge in [-0.1, -0.05) is 6.07 Å². The number of rotatable bonds is 3. The molecule has 1 aliphatic heterocycles. The highest BCUT2D eigenvalue weighted by Gasteiger charge is 2.16. The maximum atomic E-state index is 3.57. The van der Waals surface area contributed by atoms with Gasteiger partial charge in [0.15, 0.2) is 0 Å². The lowest BCUT2D eigenvalue weighted by Crippen LogP contribution is -2.35. The third kappa shape index (κ3) is 3.85. The monoisotopic (exact) mass is 344 g/mol. The van der Waals surface area contributed by atoms with Crippen molar-refractivity contribution in [3.63, 3.8) is 0 Å². The van der Waals surface area contributed by atoms with Crippen LogP contribution in [0.5, 0.6) is 0 Å². The number of aryl methyl sites for hydroxylation is 1. The van der Waals surface area contributed by atoms with Crippen molar-refractivity contribution in [2.45, 2.75) is 19.8 Å². The number of piperidine rings is 1. The van der Waals surface area contributed by atoms with E-state index in [1.54, 1.807) is 0 Å². The maximum Gasteiger partial charge on any atom is 0.0351 e. The Bertz CT molecular complexity index is 378. The number of halogens is 1. The van der Waals surface area contributed by atoms with Gasteiger partial charge >= 0.3 is 0 Å². The Kier molecular flexibility index (Phi) is 4.68. The summed E-state index contributed by atoms with van der Waals surface area (Å²) in [6, 6.07) is 6.61. The number of hydrogen-bond acceptors (Lipinski definition) is 2. The zero-order chi connectivity index (χ0) is 12.3. The highest BCUT2D eigenvalue weighted by atomic mass is 127. The molecular weight excluding hydrogens is 323 g/mol. The summed E-state index contributed by atoms with van der Waals surface area (Å²) in [5, 5.41) is 3.57. The lowest BCUT2D eigenvalue weighted by Gasteiger charge is -2.30. The average Bonchev–Trinajstić information content (AvgIpc) is 2.31. The second-order valence-corrected chi connectivity index (χ2v) is 6.28. The molecule has 94 valence electrons. The van der Waals surface area contributed by atoms with E-state index in [9.17, 15) is 0 Å². The summed E-state index contributed by atoms with van der Waals surface area (Å²) in [6.45, 7) is 5.75. The number of anilines is 1. The van der Waals surface area contributed by atoms with Crippen molar-refractivity contribution in [1.29, 1.82) is 0 Å². The minimum absolute atomic E-state index is 0.799. The van der Waals surface area contributed by atoms with Crippen LogP contribution in [0.3, 0.4) is 0 Å². The second-order valence-electron chi connectivity index (χ2n) is 5.12. The van der Waals surface area contributed by atoms with Gasteiger partial charge in [0.05, 0.1) is 0 Å². The molecule has 1 aromatic carbocycles. The van der Waals surface area contributed by atoms with E-state index in [0.717, 1.165) is 12.5 Å². The normalized spacial score (nSPS) is 21.5. The van der Waals surface area contributed by atoms with Crippen LogP contribution in [0.2, 0.25) is 0 Å². The van der Waals surface area contributed by atoms with Crippen molar-refractivity contribution in [3.05, 3.63) is 27.3 Å². The summed E-state index contributed by atoms with van der Waals surface area (Å²) in [5.74, 6) is 0.799. The van der Waals surface area contributed by atoms with Crippen LogP contribution in [0.25, 0.3) is 0 Å². The number of benzene rings is 1. The molecule has 1 aromatic rings. The molecule has 0 spiro atoms. The van der Waals surface area contributed by atoms with Gasteiger partial charge in [0, 0.05) is 22.3 Å². The largest absolute Gasteiger partial charge is 0.385 e. The van der Waals surface area contributed by atoms with Crippen LogP contribution in [-0.2, 0) is 0 Å². The maximum absolute atomic E-state index is 3.57. The molecule has 0 aromatic heterocycles. The molecule has 17 heavy (non-hydrogen) atoms. The van der Waals surface area contributed by atoms with Crippen LogP contribution < -0.4 is 5.32 Å². The van der Waals surface area contributed by atoms with Crippen LogP contribution in [0.1, 0.15) is 18.4 Å². The second kappa shape index (κ2) is 6.05. The van der Waals surface area contributed by atoms with Gasteiger partial charge in [0.1, 0.15) is 0 Å². The van der Waals surface area contributed by atoms with E-state index >= 15 is 0 Å². The molecule has 0 radical (unpaired) electrons. The molecule has 1 heterocycles. The summed E-state index contributed by atoms with van der Waals surface area (Å²) in [4.78, 5) is 2.44. The summed E-state index contributed by atoms with van der Waals surface area (Å²) in [6.07, 6.45) is 2.70. The van der Waals surface area contributed by atoms with Gasteiger partial charge in [-0.3, -0.25) is 0 Å². The molecule has 0 aliphatic carbocycles. The Balaban J connectivity index is 1.86. The first-order chi connectivity index (χ1) is 8.15. The van der Waals surface area contributed by atoms with Crippen molar-refractivity contribution >= 4 is 28.3 Å². The summed E-state index contributed by atoms with van der Waals surface area (Å²) < 4.78 is 1.34. The lowest BCUT2D eigenvalue weighted by atomic mass is 9.98. The molecule has 1 atom stereocenters. The van der Waals surface area contributed by atoms with E-state index in [1.807, 2.05) is 0 Å². The van der Waals surface area contributed by atoms with E-state index in [-0.39, 0.29) is 0 Å². The number of likely N-dealkylation sites (tertiary alicyclic amines) is 1. The molecule has 1 N–H and O–H groups in total. The number of nitrogens with zero attached hydrogens (tertiary/aromatic N) is 1. The fourth-order valence-electron chi connectivity index (χ4n) is 2.40. The first kappa shape index (κ1) is 13.1. The van der Waals surface area contributed by atoms with Gasteiger partial charge in [-0.25, -0.2) is 0 Å².